The van der Waals surface area contributed by atoms with E-state index in [2.05, 4.69) is 21.9 Å². The highest BCUT2D eigenvalue weighted by molar-refractivity contribution is 7.13. The molecule has 0 aliphatic carbocycles. The van der Waals surface area contributed by atoms with Gasteiger partial charge in [-0.3, -0.25) is 9.59 Å². The van der Waals surface area contributed by atoms with Crippen molar-refractivity contribution in [1.29, 1.82) is 0 Å². The van der Waals surface area contributed by atoms with Crippen LogP contribution in [0.2, 0.25) is 0 Å². The first-order valence-corrected chi connectivity index (χ1v) is 10.5. The van der Waals surface area contributed by atoms with Crippen molar-refractivity contribution in [2.75, 3.05) is 11.9 Å². The van der Waals surface area contributed by atoms with Gasteiger partial charge in [-0.25, -0.2) is 0 Å². The molecule has 2 N–H and O–H groups in total. The first-order chi connectivity index (χ1) is 14.6. The highest BCUT2D eigenvalue weighted by Crippen LogP contribution is 2.24. The van der Waals surface area contributed by atoms with Gasteiger partial charge in [-0.05, 0) is 41.2 Å². The van der Waals surface area contributed by atoms with E-state index >= 15 is 0 Å². The van der Waals surface area contributed by atoms with Crippen molar-refractivity contribution in [3.05, 3.63) is 95.7 Å². The molecule has 5 nitrogen and oxygen atoms in total. The van der Waals surface area contributed by atoms with Crippen LogP contribution in [0.1, 0.15) is 39.3 Å². The van der Waals surface area contributed by atoms with Gasteiger partial charge in [-0.1, -0.05) is 67.6 Å². The lowest BCUT2D eigenvalue weighted by Crippen LogP contribution is -2.28. The summed E-state index contributed by atoms with van der Waals surface area (Å²) in [6.07, 6.45) is 0. The zero-order chi connectivity index (χ0) is 20.9. The molecule has 0 saturated heterocycles. The number of hydrogen-bond acceptors (Lipinski definition) is 4. The number of carbonyl (C=O) groups excluding carboxylic acids is 2. The van der Waals surface area contributed by atoms with E-state index in [0.29, 0.717) is 23.5 Å². The number of anilines is 1. The molecule has 4 rings (SSSR count). The number of fused-ring (bicyclic) bond motifs is 1. The normalized spacial score (nSPS) is 11.8. The van der Waals surface area contributed by atoms with Gasteiger partial charge >= 0.3 is 0 Å². The molecule has 1 heterocycles. The Morgan fingerprint density at radius 2 is 1.60 bits per heavy atom. The van der Waals surface area contributed by atoms with Crippen LogP contribution in [-0.4, -0.2) is 22.7 Å². The van der Waals surface area contributed by atoms with Crippen molar-refractivity contribution < 1.29 is 9.59 Å². The highest BCUT2D eigenvalue weighted by atomic mass is 32.1. The maximum Gasteiger partial charge on any atom is 0.276 e. The predicted molar refractivity (Wildman–Crippen MR) is 121 cm³/mol. The Morgan fingerprint density at radius 3 is 2.43 bits per heavy atom. The summed E-state index contributed by atoms with van der Waals surface area (Å²) < 4.78 is 5.24. The first kappa shape index (κ1) is 19.8. The molecule has 30 heavy (non-hydrogen) atoms. The molecule has 2 amide bonds. The second-order valence-electron chi connectivity index (χ2n) is 7.05. The van der Waals surface area contributed by atoms with E-state index in [0.717, 1.165) is 15.6 Å². The Balaban J connectivity index is 1.48. The number of nitrogens with one attached hydrogen (secondary N) is 2. The van der Waals surface area contributed by atoms with Crippen LogP contribution in [0.3, 0.4) is 0 Å². The summed E-state index contributed by atoms with van der Waals surface area (Å²) in [5.74, 6) is -0.375. The number of carbonyl (C=O) groups is 2. The number of aromatic nitrogens is 1. The van der Waals surface area contributed by atoms with Crippen LogP contribution in [0.4, 0.5) is 5.69 Å². The second kappa shape index (κ2) is 8.88. The van der Waals surface area contributed by atoms with E-state index in [1.165, 1.54) is 11.5 Å². The molecule has 150 valence electrons. The van der Waals surface area contributed by atoms with Crippen molar-refractivity contribution >= 4 is 39.1 Å². The van der Waals surface area contributed by atoms with Crippen molar-refractivity contribution in [2.24, 2.45) is 0 Å². The molecule has 1 unspecified atom stereocenters. The SMILES string of the molecule is CC(CNC(=O)c1ccccc1NC(=O)c1nsc2ccccc12)c1ccccc1. The summed E-state index contributed by atoms with van der Waals surface area (Å²) in [5.41, 5.74) is 2.41. The van der Waals surface area contributed by atoms with Gasteiger partial charge in [0.2, 0.25) is 0 Å². The van der Waals surface area contributed by atoms with Gasteiger partial charge in [0.25, 0.3) is 11.8 Å². The van der Waals surface area contributed by atoms with E-state index in [1.54, 1.807) is 24.3 Å². The summed E-state index contributed by atoms with van der Waals surface area (Å²) in [6, 6.07) is 24.6. The third-order valence-electron chi connectivity index (χ3n) is 4.95. The number of para-hydroxylation sites is 1. The summed E-state index contributed by atoms with van der Waals surface area (Å²) in [6.45, 7) is 2.57. The van der Waals surface area contributed by atoms with Crippen LogP contribution < -0.4 is 10.6 Å². The molecule has 3 aromatic carbocycles. The number of benzene rings is 3. The van der Waals surface area contributed by atoms with Crippen molar-refractivity contribution in [1.82, 2.24) is 9.69 Å². The second-order valence-corrected chi connectivity index (χ2v) is 7.85. The summed E-state index contributed by atoms with van der Waals surface area (Å²) in [7, 11) is 0. The molecule has 6 heteroatoms. The fourth-order valence-corrected chi connectivity index (χ4v) is 4.04. The van der Waals surface area contributed by atoms with Gasteiger partial charge in [-0.2, -0.15) is 4.37 Å². The molecule has 0 fully saturated rings. The van der Waals surface area contributed by atoms with E-state index in [9.17, 15) is 9.59 Å². The van der Waals surface area contributed by atoms with E-state index in [1.807, 2.05) is 54.6 Å². The van der Waals surface area contributed by atoms with Gasteiger partial charge in [0.15, 0.2) is 0 Å². The van der Waals surface area contributed by atoms with Crippen LogP contribution in [0.15, 0.2) is 78.9 Å². The molecular formula is C24H21N3O2S. The Hall–Kier alpha value is -3.51. The number of amides is 2. The molecule has 0 radical (unpaired) electrons. The van der Waals surface area contributed by atoms with Crippen LogP contribution in [0, 0.1) is 0 Å². The van der Waals surface area contributed by atoms with Crippen LogP contribution in [0.25, 0.3) is 10.1 Å². The van der Waals surface area contributed by atoms with Crippen LogP contribution in [-0.2, 0) is 0 Å². The zero-order valence-electron chi connectivity index (χ0n) is 16.5. The molecule has 1 atom stereocenters. The largest absolute Gasteiger partial charge is 0.351 e. The van der Waals surface area contributed by atoms with Crippen LogP contribution >= 0.6 is 11.5 Å². The standard InChI is InChI=1S/C24H21N3O2S/c1-16(17-9-3-2-4-10-17)15-25-23(28)18-11-5-7-13-20(18)26-24(29)22-19-12-6-8-14-21(19)30-27-22/h2-14,16H,15H2,1H3,(H,25,28)(H,26,29). The third-order valence-corrected chi connectivity index (χ3v) is 5.78. The highest BCUT2D eigenvalue weighted by Gasteiger charge is 2.18. The monoisotopic (exact) mass is 415 g/mol. The smallest absolute Gasteiger partial charge is 0.276 e. The third kappa shape index (κ3) is 4.23. The molecular weight excluding hydrogens is 394 g/mol. The lowest BCUT2D eigenvalue weighted by atomic mass is 10.0. The quantitative estimate of drug-likeness (QED) is 0.461. The average molecular weight is 416 g/mol. The van der Waals surface area contributed by atoms with Crippen LogP contribution in [0.5, 0.6) is 0 Å². The van der Waals surface area contributed by atoms with E-state index < -0.39 is 0 Å². The zero-order valence-corrected chi connectivity index (χ0v) is 17.3. The summed E-state index contributed by atoms with van der Waals surface area (Å²) in [5, 5.41) is 6.63. The lowest BCUT2D eigenvalue weighted by Gasteiger charge is -2.15. The predicted octanol–water partition coefficient (Wildman–Crippen LogP) is 5.08. The fourth-order valence-electron chi connectivity index (χ4n) is 3.26. The van der Waals surface area contributed by atoms with Crippen molar-refractivity contribution in [3.63, 3.8) is 0 Å². The van der Waals surface area contributed by atoms with Crippen molar-refractivity contribution in [3.8, 4) is 0 Å². The molecule has 0 saturated carbocycles. The minimum absolute atomic E-state index is 0.179. The van der Waals surface area contributed by atoms with E-state index in [4.69, 9.17) is 0 Å². The maximum atomic E-state index is 12.8. The molecule has 4 aromatic rings. The molecule has 0 bridgehead atoms. The summed E-state index contributed by atoms with van der Waals surface area (Å²) in [4.78, 5) is 25.6. The molecule has 1 aromatic heterocycles. The number of hydrogen-bond donors (Lipinski definition) is 2. The van der Waals surface area contributed by atoms with E-state index in [-0.39, 0.29) is 17.7 Å². The Kier molecular flexibility index (Phi) is 5.86. The minimum Gasteiger partial charge on any atom is -0.351 e. The Morgan fingerprint density at radius 1 is 0.900 bits per heavy atom. The summed E-state index contributed by atoms with van der Waals surface area (Å²) >= 11 is 1.28. The maximum absolute atomic E-state index is 12.8. The number of nitrogens with zero attached hydrogens (tertiary/aromatic N) is 1. The first-order valence-electron chi connectivity index (χ1n) is 9.71. The van der Waals surface area contributed by atoms with Gasteiger partial charge in [0.1, 0.15) is 5.69 Å². The lowest BCUT2D eigenvalue weighted by molar-refractivity contribution is 0.0952. The fraction of sp³-hybridized carbons (Fsp3) is 0.125. The van der Waals surface area contributed by atoms with Gasteiger partial charge in [0, 0.05) is 11.9 Å². The van der Waals surface area contributed by atoms with Crippen molar-refractivity contribution in [2.45, 2.75) is 12.8 Å². The molecule has 0 aliphatic heterocycles. The van der Waals surface area contributed by atoms with Gasteiger partial charge < -0.3 is 10.6 Å². The average Bonchev–Trinajstić information content (AvgIpc) is 3.22. The molecule has 0 aliphatic rings. The molecule has 0 spiro atoms. The van der Waals surface area contributed by atoms with Gasteiger partial charge in [0.05, 0.1) is 16.0 Å². The Labute approximate surface area is 178 Å². The van der Waals surface area contributed by atoms with Gasteiger partial charge in [-0.15, -0.1) is 0 Å². The minimum atomic E-state index is -0.328. The number of rotatable bonds is 6. The topological polar surface area (TPSA) is 71.1 Å². The Bertz CT molecular complexity index is 1190.